The first-order chi connectivity index (χ1) is 16.5. The molecule has 6 nitrogen and oxygen atoms in total. The van der Waals surface area contributed by atoms with E-state index in [2.05, 4.69) is 31.2 Å². The molecule has 0 saturated heterocycles. The van der Waals surface area contributed by atoms with Crippen molar-refractivity contribution in [3.05, 3.63) is 94.3 Å². The van der Waals surface area contributed by atoms with E-state index in [1.165, 1.54) is 17.3 Å². The van der Waals surface area contributed by atoms with Crippen LogP contribution in [0.2, 0.25) is 0 Å². The lowest BCUT2D eigenvalue weighted by atomic mass is 10.1. The molecule has 7 heteroatoms. The predicted octanol–water partition coefficient (Wildman–Crippen LogP) is 4.71. The minimum Gasteiger partial charge on any atom is -0.497 e. The third kappa shape index (κ3) is 5.15. The van der Waals surface area contributed by atoms with Gasteiger partial charge in [0.05, 0.1) is 29.5 Å². The Morgan fingerprint density at radius 2 is 1.76 bits per heavy atom. The average Bonchev–Trinajstić information content (AvgIpc) is 2.87. The molecule has 174 valence electrons. The van der Waals surface area contributed by atoms with Crippen molar-refractivity contribution < 1.29 is 9.53 Å². The molecule has 0 unspecified atom stereocenters. The molecule has 0 fully saturated rings. The number of aryl methyl sites for hydroxylation is 1. The molecule has 0 bridgehead atoms. The third-order valence-corrected chi connectivity index (χ3v) is 6.58. The van der Waals surface area contributed by atoms with Crippen molar-refractivity contribution in [1.82, 2.24) is 14.5 Å². The number of hydrogen-bond donors (Lipinski definition) is 0. The minimum atomic E-state index is -0.182. The third-order valence-electron chi connectivity index (χ3n) is 5.66. The molecule has 4 rings (SSSR count). The van der Waals surface area contributed by atoms with Gasteiger partial charge in [-0.2, -0.15) is 0 Å². The van der Waals surface area contributed by atoms with Gasteiger partial charge in [-0.05, 0) is 41.8 Å². The molecule has 1 heterocycles. The van der Waals surface area contributed by atoms with Crippen LogP contribution in [0, 0.1) is 0 Å². The zero-order valence-corrected chi connectivity index (χ0v) is 20.3. The summed E-state index contributed by atoms with van der Waals surface area (Å²) >= 11 is 1.26. The topological polar surface area (TPSA) is 64.4 Å². The predicted molar refractivity (Wildman–Crippen MR) is 137 cm³/mol. The lowest BCUT2D eigenvalue weighted by molar-refractivity contribution is -0.127. The van der Waals surface area contributed by atoms with Gasteiger partial charge in [0.2, 0.25) is 5.91 Å². The van der Waals surface area contributed by atoms with E-state index in [0.29, 0.717) is 34.0 Å². The van der Waals surface area contributed by atoms with Crippen LogP contribution >= 0.6 is 11.8 Å². The number of methoxy groups -OCH3 is 1. The Kier molecular flexibility index (Phi) is 7.33. The fourth-order valence-corrected chi connectivity index (χ4v) is 4.62. The van der Waals surface area contributed by atoms with E-state index in [9.17, 15) is 9.59 Å². The monoisotopic (exact) mass is 473 g/mol. The Morgan fingerprint density at radius 3 is 2.50 bits per heavy atom. The fourth-order valence-electron chi connectivity index (χ4n) is 3.67. The molecule has 0 spiro atoms. The highest BCUT2D eigenvalue weighted by Crippen LogP contribution is 2.24. The molecule has 0 atom stereocenters. The number of aromatic nitrogens is 2. The molecule has 0 aliphatic carbocycles. The maximum Gasteiger partial charge on any atom is 0.266 e. The van der Waals surface area contributed by atoms with E-state index in [0.717, 1.165) is 12.0 Å². The summed E-state index contributed by atoms with van der Waals surface area (Å²) in [6.07, 6.45) is 0.986. The molecule has 3 aromatic carbocycles. The number of ether oxygens (including phenoxy) is 1. The molecule has 0 saturated carbocycles. The maximum absolute atomic E-state index is 13.4. The summed E-state index contributed by atoms with van der Waals surface area (Å²) in [6.45, 7) is 2.64. The van der Waals surface area contributed by atoms with Gasteiger partial charge in [-0.1, -0.05) is 61.2 Å². The summed E-state index contributed by atoms with van der Waals surface area (Å²) < 4.78 is 6.89. The summed E-state index contributed by atoms with van der Waals surface area (Å²) in [6, 6.07) is 22.8. The van der Waals surface area contributed by atoms with Crippen molar-refractivity contribution in [1.29, 1.82) is 0 Å². The van der Waals surface area contributed by atoms with Gasteiger partial charge in [0.15, 0.2) is 5.16 Å². The molecule has 0 aliphatic rings. The van der Waals surface area contributed by atoms with Gasteiger partial charge in [0, 0.05) is 19.7 Å². The van der Waals surface area contributed by atoms with Crippen molar-refractivity contribution in [3.63, 3.8) is 0 Å². The number of benzene rings is 3. The Hall–Kier alpha value is -3.58. The average molecular weight is 474 g/mol. The van der Waals surface area contributed by atoms with Crippen LogP contribution in [0.1, 0.15) is 18.1 Å². The molecule has 0 N–H and O–H groups in total. The van der Waals surface area contributed by atoms with Gasteiger partial charge < -0.3 is 9.64 Å². The van der Waals surface area contributed by atoms with Crippen LogP contribution in [0.4, 0.5) is 0 Å². The Labute approximate surface area is 203 Å². The molecule has 1 aromatic heterocycles. The van der Waals surface area contributed by atoms with Crippen molar-refractivity contribution >= 4 is 28.6 Å². The number of carbonyl (C=O) groups excluding carboxylic acids is 1. The van der Waals surface area contributed by atoms with E-state index >= 15 is 0 Å². The van der Waals surface area contributed by atoms with Crippen LogP contribution in [0.15, 0.2) is 82.7 Å². The Morgan fingerprint density at radius 1 is 1.03 bits per heavy atom. The van der Waals surface area contributed by atoms with Gasteiger partial charge in [-0.25, -0.2) is 4.98 Å². The molecule has 0 aliphatic heterocycles. The number of carbonyl (C=O) groups is 1. The van der Waals surface area contributed by atoms with Gasteiger partial charge in [0.1, 0.15) is 5.75 Å². The summed E-state index contributed by atoms with van der Waals surface area (Å²) in [5, 5.41) is 0.986. The summed E-state index contributed by atoms with van der Waals surface area (Å²) in [5.41, 5.74) is 3.41. The lowest BCUT2D eigenvalue weighted by Crippen LogP contribution is -2.28. The number of fused-ring (bicyclic) bond motifs is 1. The molecular weight excluding hydrogens is 446 g/mol. The molecular formula is C27H27N3O3S. The SMILES string of the molecule is CCc1ccc(CN(C)C(=O)CSc2nc3ccccc3c(=O)n2-c2cccc(OC)c2)cc1. The normalized spacial score (nSPS) is 10.9. The molecule has 0 radical (unpaired) electrons. The summed E-state index contributed by atoms with van der Waals surface area (Å²) in [7, 11) is 3.38. The number of amides is 1. The smallest absolute Gasteiger partial charge is 0.266 e. The first kappa shape index (κ1) is 23.6. The standard InChI is InChI=1S/C27H27N3O3S/c1-4-19-12-14-20(15-13-19)17-29(2)25(31)18-34-27-28-24-11-6-5-10-23(24)26(32)30(27)21-8-7-9-22(16-21)33-3/h5-16H,4,17-18H2,1-3H3. The summed E-state index contributed by atoms with van der Waals surface area (Å²) in [5.74, 6) is 0.765. The number of rotatable bonds is 8. The Bertz CT molecular complexity index is 1370. The van der Waals surface area contributed by atoms with Crippen molar-refractivity contribution in [2.75, 3.05) is 19.9 Å². The summed E-state index contributed by atoms with van der Waals surface area (Å²) in [4.78, 5) is 32.7. The first-order valence-electron chi connectivity index (χ1n) is 11.1. The van der Waals surface area contributed by atoms with Crippen LogP contribution in [-0.2, 0) is 17.8 Å². The second kappa shape index (κ2) is 10.6. The van der Waals surface area contributed by atoms with Gasteiger partial charge in [-0.3, -0.25) is 14.2 Å². The zero-order valence-electron chi connectivity index (χ0n) is 19.5. The van der Waals surface area contributed by atoms with Gasteiger partial charge in [0.25, 0.3) is 5.56 Å². The van der Waals surface area contributed by atoms with Gasteiger partial charge in [-0.15, -0.1) is 0 Å². The van der Waals surface area contributed by atoms with Crippen molar-refractivity contribution in [2.24, 2.45) is 0 Å². The van der Waals surface area contributed by atoms with Crippen LogP contribution in [-0.4, -0.2) is 40.3 Å². The van der Waals surface area contributed by atoms with Crippen molar-refractivity contribution in [3.8, 4) is 11.4 Å². The molecule has 34 heavy (non-hydrogen) atoms. The van der Waals surface area contributed by atoms with Gasteiger partial charge >= 0.3 is 0 Å². The molecule has 1 amide bonds. The van der Waals surface area contributed by atoms with E-state index < -0.39 is 0 Å². The van der Waals surface area contributed by atoms with E-state index in [4.69, 9.17) is 9.72 Å². The highest BCUT2D eigenvalue weighted by molar-refractivity contribution is 7.99. The number of hydrogen-bond acceptors (Lipinski definition) is 5. The van der Waals surface area contributed by atoms with Crippen LogP contribution in [0.5, 0.6) is 5.75 Å². The van der Waals surface area contributed by atoms with E-state index in [1.807, 2.05) is 36.4 Å². The Balaban J connectivity index is 1.60. The fraction of sp³-hybridized carbons (Fsp3) is 0.222. The second-order valence-corrected chi connectivity index (χ2v) is 8.90. The largest absolute Gasteiger partial charge is 0.497 e. The second-order valence-electron chi connectivity index (χ2n) is 7.96. The van der Waals surface area contributed by atoms with Crippen LogP contribution < -0.4 is 10.3 Å². The first-order valence-corrected chi connectivity index (χ1v) is 12.1. The zero-order chi connectivity index (χ0) is 24.1. The maximum atomic E-state index is 13.4. The van der Waals surface area contributed by atoms with E-state index in [-0.39, 0.29) is 17.2 Å². The number of thioether (sulfide) groups is 1. The number of nitrogens with zero attached hydrogens (tertiary/aromatic N) is 3. The van der Waals surface area contributed by atoms with Crippen molar-refractivity contribution in [2.45, 2.75) is 25.0 Å². The number of para-hydroxylation sites is 1. The highest BCUT2D eigenvalue weighted by Gasteiger charge is 2.17. The van der Waals surface area contributed by atoms with Crippen LogP contribution in [0.25, 0.3) is 16.6 Å². The van der Waals surface area contributed by atoms with Crippen LogP contribution in [0.3, 0.4) is 0 Å². The van der Waals surface area contributed by atoms with E-state index in [1.54, 1.807) is 35.8 Å². The molecule has 4 aromatic rings. The lowest BCUT2D eigenvalue weighted by Gasteiger charge is -2.18. The highest BCUT2D eigenvalue weighted by atomic mass is 32.2. The quantitative estimate of drug-likeness (QED) is 0.274. The minimum absolute atomic E-state index is 0.0378.